The van der Waals surface area contributed by atoms with E-state index in [1.54, 1.807) is 30.6 Å². The van der Waals surface area contributed by atoms with Gasteiger partial charge in [-0.15, -0.1) is 11.3 Å². The van der Waals surface area contributed by atoms with E-state index in [-0.39, 0.29) is 5.56 Å². The van der Waals surface area contributed by atoms with Crippen LogP contribution < -0.4 is 0 Å². The van der Waals surface area contributed by atoms with E-state index in [1.165, 1.54) is 23.7 Å². The van der Waals surface area contributed by atoms with E-state index in [9.17, 15) is 9.50 Å². The van der Waals surface area contributed by atoms with E-state index in [2.05, 4.69) is 20.2 Å². The lowest BCUT2D eigenvalue weighted by molar-refractivity contribution is 0.216. The number of halogens is 1. The van der Waals surface area contributed by atoms with Crippen molar-refractivity contribution in [3.05, 3.63) is 78.1 Å². The van der Waals surface area contributed by atoms with Crippen molar-refractivity contribution >= 4 is 11.3 Å². The van der Waals surface area contributed by atoms with E-state index in [1.807, 2.05) is 18.2 Å². The van der Waals surface area contributed by atoms with Crippen LogP contribution in [-0.4, -0.2) is 25.3 Å². The molecule has 4 rings (SSSR count). The summed E-state index contributed by atoms with van der Waals surface area (Å²) in [6, 6.07) is 11.8. The molecule has 124 valence electrons. The first-order valence-corrected chi connectivity index (χ1v) is 8.38. The second-order valence-corrected chi connectivity index (χ2v) is 6.44. The summed E-state index contributed by atoms with van der Waals surface area (Å²) in [4.78, 5) is 9.85. The molecule has 3 aromatic heterocycles. The first kappa shape index (κ1) is 15.6. The second kappa shape index (κ2) is 6.54. The van der Waals surface area contributed by atoms with Crippen molar-refractivity contribution in [2.45, 2.75) is 6.10 Å². The lowest BCUT2D eigenvalue weighted by atomic mass is 10.0. The number of aliphatic hydroxyl groups excluding tert-OH is 1. The van der Waals surface area contributed by atoms with Gasteiger partial charge in [-0.05, 0) is 29.8 Å². The van der Waals surface area contributed by atoms with Crippen molar-refractivity contribution in [1.82, 2.24) is 20.2 Å². The highest BCUT2D eigenvalue weighted by Gasteiger charge is 2.23. The number of pyridine rings is 1. The number of hydrogen-bond donors (Lipinski definition) is 2. The minimum absolute atomic E-state index is 0.224. The number of H-pyrrole nitrogens is 1. The predicted octanol–water partition coefficient (Wildman–Crippen LogP) is 3.82. The minimum atomic E-state index is -1.10. The van der Waals surface area contributed by atoms with E-state index in [4.69, 9.17) is 0 Å². The molecule has 0 aliphatic rings. The van der Waals surface area contributed by atoms with Gasteiger partial charge in [-0.2, -0.15) is 5.10 Å². The zero-order chi connectivity index (χ0) is 17.2. The van der Waals surface area contributed by atoms with Crippen LogP contribution in [0.25, 0.3) is 21.1 Å². The van der Waals surface area contributed by atoms with Gasteiger partial charge in [0.2, 0.25) is 0 Å². The molecule has 0 amide bonds. The molecule has 0 aliphatic carbocycles. The van der Waals surface area contributed by atoms with Crippen molar-refractivity contribution in [2.24, 2.45) is 0 Å². The summed E-state index contributed by atoms with van der Waals surface area (Å²) in [5.74, 6) is 0.0888. The Bertz CT molecular complexity index is 986. The molecule has 4 aromatic rings. The number of hydrogen-bond acceptors (Lipinski definition) is 5. The van der Waals surface area contributed by atoms with Gasteiger partial charge in [0, 0.05) is 28.4 Å². The third kappa shape index (κ3) is 2.95. The third-order valence-corrected chi connectivity index (χ3v) is 5.06. The molecule has 0 saturated carbocycles. The van der Waals surface area contributed by atoms with E-state index < -0.39 is 11.9 Å². The number of rotatable bonds is 4. The Hall–Kier alpha value is -2.90. The number of aromatic nitrogens is 4. The van der Waals surface area contributed by atoms with Crippen LogP contribution in [0, 0.1) is 5.82 Å². The Morgan fingerprint density at radius 2 is 1.88 bits per heavy atom. The lowest BCUT2D eigenvalue weighted by Gasteiger charge is -2.12. The topological polar surface area (TPSA) is 74.7 Å². The van der Waals surface area contributed by atoms with Crippen molar-refractivity contribution in [3.8, 4) is 21.1 Å². The minimum Gasteiger partial charge on any atom is -0.383 e. The molecule has 1 atom stereocenters. The molecule has 5 nitrogen and oxygen atoms in total. The summed E-state index contributed by atoms with van der Waals surface area (Å²) in [6.07, 6.45) is 3.71. The summed E-state index contributed by atoms with van der Waals surface area (Å²) < 4.78 is 14.1. The molecule has 0 fully saturated rings. The fraction of sp³-hybridized carbons (Fsp3) is 0.0556. The van der Waals surface area contributed by atoms with Crippen molar-refractivity contribution in [2.75, 3.05) is 0 Å². The van der Waals surface area contributed by atoms with Gasteiger partial charge in [0.05, 0.1) is 4.88 Å². The molecule has 0 spiro atoms. The highest BCUT2D eigenvalue weighted by atomic mass is 32.1. The van der Waals surface area contributed by atoms with Crippen molar-refractivity contribution in [1.29, 1.82) is 0 Å². The molecular weight excluding hydrogens is 339 g/mol. The molecule has 0 bridgehead atoms. The zero-order valence-electron chi connectivity index (χ0n) is 12.9. The highest BCUT2D eigenvalue weighted by molar-refractivity contribution is 7.19. The lowest BCUT2D eigenvalue weighted by Crippen LogP contribution is -2.02. The normalized spacial score (nSPS) is 12.2. The Balaban J connectivity index is 1.86. The van der Waals surface area contributed by atoms with Gasteiger partial charge in [-0.25, -0.2) is 9.37 Å². The Morgan fingerprint density at radius 1 is 1.08 bits per heavy atom. The van der Waals surface area contributed by atoms with Crippen LogP contribution in [-0.2, 0) is 0 Å². The Morgan fingerprint density at radius 3 is 2.60 bits per heavy atom. The molecule has 3 heterocycles. The van der Waals surface area contributed by atoms with Crippen LogP contribution in [0.3, 0.4) is 0 Å². The molecule has 0 aliphatic heterocycles. The Kier molecular flexibility index (Phi) is 4.09. The quantitative estimate of drug-likeness (QED) is 0.586. The number of aromatic amines is 1. The molecule has 1 aromatic carbocycles. The van der Waals surface area contributed by atoms with E-state index >= 15 is 0 Å². The van der Waals surface area contributed by atoms with Crippen LogP contribution in [0.4, 0.5) is 4.39 Å². The Labute approximate surface area is 146 Å². The fourth-order valence-electron chi connectivity index (χ4n) is 2.63. The maximum atomic E-state index is 14.1. The number of aliphatic hydroxyl groups is 1. The van der Waals surface area contributed by atoms with Crippen molar-refractivity contribution in [3.63, 3.8) is 0 Å². The molecule has 0 radical (unpaired) electrons. The summed E-state index contributed by atoms with van der Waals surface area (Å²) in [5, 5.41) is 17.5. The maximum Gasteiger partial charge on any atom is 0.165 e. The smallest absolute Gasteiger partial charge is 0.165 e. The molecular formula is C18H13FN4OS. The van der Waals surface area contributed by atoms with Gasteiger partial charge in [-0.3, -0.25) is 10.1 Å². The second-order valence-electron chi connectivity index (χ2n) is 5.39. The van der Waals surface area contributed by atoms with Gasteiger partial charge in [0.1, 0.15) is 18.2 Å². The molecule has 2 N–H and O–H groups in total. The summed E-state index contributed by atoms with van der Waals surface area (Å²) in [7, 11) is 0. The van der Waals surface area contributed by atoms with Crippen LogP contribution in [0.5, 0.6) is 0 Å². The largest absolute Gasteiger partial charge is 0.383 e. The number of benzene rings is 1. The van der Waals surface area contributed by atoms with Crippen LogP contribution >= 0.6 is 11.3 Å². The first-order chi connectivity index (χ1) is 12.2. The van der Waals surface area contributed by atoms with E-state index in [0.29, 0.717) is 11.4 Å². The third-order valence-electron chi connectivity index (χ3n) is 3.85. The molecule has 1 unspecified atom stereocenters. The fourth-order valence-corrected chi connectivity index (χ4v) is 3.77. The average Bonchev–Trinajstić information content (AvgIpc) is 3.32. The SMILES string of the molecule is OC(c1ccccc1F)c1cc(-c2ccncc2)sc1-c1ncn[nH]1. The van der Waals surface area contributed by atoms with Gasteiger partial charge in [0.25, 0.3) is 0 Å². The summed E-state index contributed by atoms with van der Waals surface area (Å²) >= 11 is 1.46. The van der Waals surface area contributed by atoms with E-state index in [0.717, 1.165) is 15.3 Å². The first-order valence-electron chi connectivity index (χ1n) is 7.56. The summed E-state index contributed by atoms with van der Waals surface area (Å²) in [5.41, 5.74) is 1.77. The predicted molar refractivity (Wildman–Crippen MR) is 93.4 cm³/mol. The van der Waals surface area contributed by atoms with Crippen molar-refractivity contribution < 1.29 is 9.50 Å². The molecule has 7 heteroatoms. The highest BCUT2D eigenvalue weighted by Crippen LogP contribution is 2.41. The number of nitrogens with zero attached hydrogens (tertiary/aromatic N) is 3. The number of nitrogens with one attached hydrogen (secondary N) is 1. The van der Waals surface area contributed by atoms with Gasteiger partial charge >= 0.3 is 0 Å². The molecule has 0 saturated heterocycles. The maximum absolute atomic E-state index is 14.1. The van der Waals surface area contributed by atoms with Crippen LogP contribution in [0.2, 0.25) is 0 Å². The number of thiophene rings is 1. The summed E-state index contributed by atoms with van der Waals surface area (Å²) in [6.45, 7) is 0. The van der Waals surface area contributed by atoms with Gasteiger partial charge < -0.3 is 5.11 Å². The van der Waals surface area contributed by atoms with Gasteiger partial charge in [-0.1, -0.05) is 18.2 Å². The van der Waals surface area contributed by atoms with Crippen LogP contribution in [0.1, 0.15) is 17.2 Å². The van der Waals surface area contributed by atoms with Gasteiger partial charge in [0.15, 0.2) is 5.82 Å². The zero-order valence-corrected chi connectivity index (χ0v) is 13.7. The standard InChI is InChI=1S/C18H13FN4OS/c19-14-4-2-1-3-12(14)16(24)13-9-15(11-5-7-20-8-6-11)25-17(13)18-21-10-22-23-18/h1-10,16,24H,(H,21,22,23). The van der Waals surface area contributed by atoms with Crippen LogP contribution in [0.15, 0.2) is 61.2 Å². The monoisotopic (exact) mass is 352 g/mol. The average molecular weight is 352 g/mol. The molecule has 25 heavy (non-hydrogen) atoms.